The molecule has 1 heterocycles. The van der Waals surface area contributed by atoms with Gasteiger partial charge in [0, 0.05) is 16.7 Å². The van der Waals surface area contributed by atoms with Gasteiger partial charge in [0.1, 0.15) is 0 Å². The molecular weight excluding hydrogens is 462 g/mol. The number of rotatable bonds is 4. The lowest BCUT2D eigenvalue weighted by Crippen LogP contribution is -2.01. The molecule has 178 valence electrons. The van der Waals surface area contributed by atoms with Crippen molar-refractivity contribution >= 4 is 21.5 Å². The standard InChI is InChI=1S/C35H23N3/c1-4-14-24(15-5-1)31-27-20-10-12-22-29(27)32(30-23-13-11-21-28(30)31)35-37-33(25-16-6-2-7-17-25)36-34(38-35)26-18-8-3-9-19-26/h1-23H. The van der Waals surface area contributed by atoms with Gasteiger partial charge in [-0.05, 0) is 32.7 Å². The third kappa shape index (κ3) is 3.82. The van der Waals surface area contributed by atoms with Crippen LogP contribution in [0, 0.1) is 0 Å². The van der Waals surface area contributed by atoms with Crippen molar-refractivity contribution in [3.63, 3.8) is 0 Å². The van der Waals surface area contributed by atoms with E-state index in [1.165, 1.54) is 21.9 Å². The summed E-state index contributed by atoms with van der Waals surface area (Å²) >= 11 is 0. The van der Waals surface area contributed by atoms with E-state index in [0.29, 0.717) is 17.5 Å². The highest BCUT2D eigenvalue weighted by Crippen LogP contribution is 2.43. The first-order valence-electron chi connectivity index (χ1n) is 12.7. The molecule has 38 heavy (non-hydrogen) atoms. The van der Waals surface area contributed by atoms with E-state index in [0.717, 1.165) is 27.5 Å². The molecule has 0 radical (unpaired) electrons. The van der Waals surface area contributed by atoms with E-state index in [-0.39, 0.29) is 0 Å². The minimum Gasteiger partial charge on any atom is -0.208 e. The maximum Gasteiger partial charge on any atom is 0.165 e. The van der Waals surface area contributed by atoms with E-state index in [4.69, 9.17) is 15.0 Å². The average Bonchev–Trinajstić information content (AvgIpc) is 3.01. The quantitative estimate of drug-likeness (QED) is 0.234. The molecular formula is C35H23N3. The van der Waals surface area contributed by atoms with Crippen LogP contribution in [0.4, 0.5) is 0 Å². The largest absolute Gasteiger partial charge is 0.208 e. The maximum absolute atomic E-state index is 5.08. The summed E-state index contributed by atoms with van der Waals surface area (Å²) in [6, 6.07) is 48.0. The van der Waals surface area contributed by atoms with Gasteiger partial charge in [-0.25, -0.2) is 15.0 Å². The van der Waals surface area contributed by atoms with Crippen molar-refractivity contribution in [1.82, 2.24) is 15.0 Å². The zero-order chi connectivity index (χ0) is 25.3. The predicted octanol–water partition coefficient (Wildman–Crippen LogP) is 8.85. The van der Waals surface area contributed by atoms with E-state index in [2.05, 4.69) is 78.9 Å². The summed E-state index contributed by atoms with van der Waals surface area (Å²) in [4.78, 5) is 15.1. The third-order valence-corrected chi connectivity index (χ3v) is 6.92. The summed E-state index contributed by atoms with van der Waals surface area (Å²) in [7, 11) is 0. The van der Waals surface area contributed by atoms with Gasteiger partial charge in [-0.2, -0.15) is 0 Å². The molecule has 0 atom stereocenters. The Balaban J connectivity index is 1.60. The molecule has 7 rings (SSSR count). The van der Waals surface area contributed by atoms with Crippen molar-refractivity contribution in [2.24, 2.45) is 0 Å². The molecule has 0 bridgehead atoms. The van der Waals surface area contributed by atoms with E-state index >= 15 is 0 Å². The number of benzene rings is 6. The molecule has 0 unspecified atom stereocenters. The Morgan fingerprint density at radius 1 is 0.263 bits per heavy atom. The monoisotopic (exact) mass is 485 g/mol. The fourth-order valence-electron chi connectivity index (χ4n) is 5.21. The number of nitrogens with zero attached hydrogens (tertiary/aromatic N) is 3. The van der Waals surface area contributed by atoms with Crippen LogP contribution < -0.4 is 0 Å². The van der Waals surface area contributed by atoms with Gasteiger partial charge in [-0.15, -0.1) is 0 Å². The van der Waals surface area contributed by atoms with Crippen LogP contribution in [0.1, 0.15) is 0 Å². The maximum atomic E-state index is 5.08. The summed E-state index contributed by atoms with van der Waals surface area (Å²) in [6.07, 6.45) is 0. The van der Waals surface area contributed by atoms with Crippen LogP contribution in [0.2, 0.25) is 0 Å². The second kappa shape index (κ2) is 9.38. The smallest absolute Gasteiger partial charge is 0.165 e. The lowest BCUT2D eigenvalue weighted by atomic mass is 9.88. The summed E-state index contributed by atoms with van der Waals surface area (Å²) < 4.78 is 0. The zero-order valence-electron chi connectivity index (χ0n) is 20.6. The van der Waals surface area contributed by atoms with Crippen molar-refractivity contribution in [1.29, 1.82) is 0 Å². The first-order chi connectivity index (χ1) is 18.9. The van der Waals surface area contributed by atoms with E-state index < -0.39 is 0 Å². The van der Waals surface area contributed by atoms with Gasteiger partial charge in [0.2, 0.25) is 0 Å². The Labute approximate surface area is 221 Å². The van der Waals surface area contributed by atoms with E-state index in [1.807, 2.05) is 60.7 Å². The number of fused-ring (bicyclic) bond motifs is 2. The predicted molar refractivity (Wildman–Crippen MR) is 157 cm³/mol. The minimum absolute atomic E-state index is 0.662. The Bertz CT molecular complexity index is 1780. The highest BCUT2D eigenvalue weighted by molar-refractivity contribution is 6.20. The number of aromatic nitrogens is 3. The number of hydrogen-bond donors (Lipinski definition) is 0. The van der Waals surface area contributed by atoms with Crippen LogP contribution in [0.15, 0.2) is 140 Å². The molecule has 0 amide bonds. The molecule has 0 saturated heterocycles. The molecule has 0 aliphatic heterocycles. The first kappa shape index (κ1) is 22.1. The van der Waals surface area contributed by atoms with E-state index in [9.17, 15) is 0 Å². The SMILES string of the molecule is c1ccc(-c2nc(-c3ccccc3)nc(-c3c4ccccc4c(-c4ccccc4)c4ccccc34)n2)cc1. The second-order valence-electron chi connectivity index (χ2n) is 9.25. The van der Waals surface area contributed by atoms with Gasteiger partial charge < -0.3 is 0 Å². The van der Waals surface area contributed by atoms with Crippen molar-refractivity contribution in [3.8, 4) is 45.3 Å². The Morgan fingerprint density at radius 2 is 0.579 bits per heavy atom. The molecule has 0 spiro atoms. The van der Waals surface area contributed by atoms with Gasteiger partial charge in [0.25, 0.3) is 0 Å². The van der Waals surface area contributed by atoms with Crippen LogP contribution >= 0.6 is 0 Å². The van der Waals surface area contributed by atoms with Crippen molar-refractivity contribution in [3.05, 3.63) is 140 Å². The highest BCUT2D eigenvalue weighted by Gasteiger charge is 2.20. The molecule has 1 aromatic heterocycles. The fraction of sp³-hybridized carbons (Fsp3) is 0. The Kier molecular flexibility index (Phi) is 5.45. The van der Waals surface area contributed by atoms with Gasteiger partial charge in [-0.3, -0.25) is 0 Å². The van der Waals surface area contributed by atoms with Gasteiger partial charge in [0.15, 0.2) is 17.5 Å². The molecule has 0 saturated carbocycles. The molecule has 0 fully saturated rings. The average molecular weight is 486 g/mol. The molecule has 3 nitrogen and oxygen atoms in total. The Morgan fingerprint density at radius 3 is 1.00 bits per heavy atom. The molecule has 0 N–H and O–H groups in total. The molecule has 0 aliphatic carbocycles. The fourth-order valence-corrected chi connectivity index (χ4v) is 5.21. The van der Waals surface area contributed by atoms with Crippen molar-refractivity contribution in [2.45, 2.75) is 0 Å². The summed E-state index contributed by atoms with van der Waals surface area (Å²) in [5, 5.41) is 4.59. The van der Waals surface area contributed by atoms with E-state index in [1.54, 1.807) is 0 Å². The van der Waals surface area contributed by atoms with Gasteiger partial charge in [0.05, 0.1) is 0 Å². The van der Waals surface area contributed by atoms with Crippen LogP contribution in [0.25, 0.3) is 66.8 Å². The van der Waals surface area contributed by atoms with Crippen molar-refractivity contribution in [2.75, 3.05) is 0 Å². The second-order valence-corrected chi connectivity index (χ2v) is 9.25. The summed E-state index contributed by atoms with van der Waals surface area (Å²) in [6.45, 7) is 0. The highest BCUT2D eigenvalue weighted by atomic mass is 15.0. The minimum atomic E-state index is 0.662. The van der Waals surface area contributed by atoms with Gasteiger partial charge >= 0.3 is 0 Å². The zero-order valence-corrected chi connectivity index (χ0v) is 20.6. The summed E-state index contributed by atoms with van der Waals surface area (Å²) in [5.74, 6) is 1.99. The summed E-state index contributed by atoms with van der Waals surface area (Å²) in [5.41, 5.74) is 5.36. The van der Waals surface area contributed by atoms with Crippen LogP contribution in [0.5, 0.6) is 0 Å². The molecule has 6 aromatic carbocycles. The first-order valence-corrected chi connectivity index (χ1v) is 12.7. The normalized spacial score (nSPS) is 11.2. The molecule has 0 aliphatic rings. The number of hydrogen-bond acceptors (Lipinski definition) is 3. The van der Waals surface area contributed by atoms with Crippen LogP contribution in [0.3, 0.4) is 0 Å². The van der Waals surface area contributed by atoms with Crippen LogP contribution in [-0.4, -0.2) is 15.0 Å². The van der Waals surface area contributed by atoms with Crippen molar-refractivity contribution < 1.29 is 0 Å². The Hall–Kier alpha value is -5.15. The molecule has 3 heteroatoms. The topological polar surface area (TPSA) is 38.7 Å². The lowest BCUT2D eigenvalue weighted by molar-refractivity contribution is 1.08. The van der Waals surface area contributed by atoms with Crippen LogP contribution in [-0.2, 0) is 0 Å². The van der Waals surface area contributed by atoms with Gasteiger partial charge in [-0.1, -0.05) is 140 Å². The molecule has 7 aromatic rings. The lowest BCUT2D eigenvalue weighted by Gasteiger charge is -2.17. The third-order valence-electron chi connectivity index (χ3n) is 6.92.